The number of hydrogen-bond acceptors (Lipinski definition) is 6. The third-order valence-electron chi connectivity index (χ3n) is 5.00. The molecule has 0 bridgehead atoms. The number of thioether (sulfide) groups is 1. The molecule has 0 spiro atoms. The average Bonchev–Trinajstić information content (AvgIpc) is 3.26. The summed E-state index contributed by atoms with van der Waals surface area (Å²) in [5, 5.41) is 3.43. The van der Waals surface area contributed by atoms with Crippen LogP contribution in [0, 0.1) is 6.92 Å². The van der Waals surface area contributed by atoms with Crippen molar-refractivity contribution in [2.45, 2.75) is 45.1 Å². The predicted octanol–water partition coefficient (Wildman–Crippen LogP) is 5.40. The van der Waals surface area contributed by atoms with Crippen molar-refractivity contribution in [2.24, 2.45) is 4.99 Å². The number of hydrogen-bond donors (Lipinski definition) is 0. The van der Waals surface area contributed by atoms with Crippen molar-refractivity contribution in [3.63, 3.8) is 0 Å². The lowest BCUT2D eigenvalue weighted by molar-refractivity contribution is -0.124. The number of para-hydroxylation sites is 1. The molecule has 28 heavy (non-hydrogen) atoms. The van der Waals surface area contributed by atoms with Gasteiger partial charge in [-0.3, -0.25) is 9.69 Å². The number of amides is 1. The van der Waals surface area contributed by atoms with E-state index in [-0.39, 0.29) is 11.9 Å². The van der Waals surface area contributed by atoms with Crippen LogP contribution in [0.4, 0.5) is 5.13 Å². The van der Waals surface area contributed by atoms with E-state index in [0.29, 0.717) is 10.0 Å². The topological polar surface area (TPSA) is 54.8 Å². The third kappa shape index (κ3) is 4.00. The first-order valence-corrected chi connectivity index (χ1v) is 11.2. The lowest BCUT2D eigenvalue weighted by Crippen LogP contribution is -2.40. The van der Waals surface area contributed by atoms with E-state index in [0.717, 1.165) is 47.9 Å². The number of aryl methyl sites for hydroxylation is 1. The molecule has 0 radical (unpaired) electrons. The molecule has 0 atom stereocenters. The zero-order valence-corrected chi connectivity index (χ0v) is 17.7. The van der Waals surface area contributed by atoms with Crippen LogP contribution in [-0.4, -0.2) is 34.1 Å². The molecule has 2 aliphatic rings. The Morgan fingerprint density at radius 1 is 1.25 bits per heavy atom. The zero-order chi connectivity index (χ0) is 19.5. The summed E-state index contributed by atoms with van der Waals surface area (Å²) < 4.78 is 5.44. The van der Waals surface area contributed by atoms with Crippen molar-refractivity contribution < 1.29 is 9.53 Å². The summed E-state index contributed by atoms with van der Waals surface area (Å²) in [6.45, 7) is 1.96. The summed E-state index contributed by atoms with van der Waals surface area (Å²) in [6.07, 6.45) is 7.54. The molecule has 1 aliphatic heterocycles. The number of ether oxygens (including phenoxy) is 1. The summed E-state index contributed by atoms with van der Waals surface area (Å²) in [4.78, 5) is 25.1. The first-order valence-electron chi connectivity index (χ1n) is 9.52. The SMILES string of the molecule is COc1ccccc1/C=C1\S/C(=N/c2nc(C)cs2)N(C2CCCCC2)C1=O. The number of aliphatic imine (C=N–C) groups is 1. The van der Waals surface area contributed by atoms with Gasteiger partial charge in [0.1, 0.15) is 5.75 Å². The quantitative estimate of drug-likeness (QED) is 0.630. The highest BCUT2D eigenvalue weighted by Crippen LogP contribution is 2.39. The van der Waals surface area contributed by atoms with E-state index in [9.17, 15) is 4.79 Å². The number of amidine groups is 1. The molecule has 1 aliphatic carbocycles. The van der Waals surface area contributed by atoms with E-state index >= 15 is 0 Å². The fraction of sp³-hybridized carbons (Fsp3) is 0.381. The van der Waals surface area contributed by atoms with Gasteiger partial charge in [0.05, 0.1) is 17.7 Å². The number of rotatable bonds is 4. The number of aromatic nitrogens is 1. The lowest BCUT2D eigenvalue weighted by Gasteiger charge is -2.30. The Hall–Kier alpha value is -2.12. The van der Waals surface area contributed by atoms with Crippen LogP contribution in [0.5, 0.6) is 5.75 Å². The van der Waals surface area contributed by atoms with E-state index in [1.807, 2.05) is 47.5 Å². The third-order valence-corrected chi connectivity index (χ3v) is 6.84. The highest BCUT2D eigenvalue weighted by Gasteiger charge is 2.39. The summed E-state index contributed by atoms with van der Waals surface area (Å²) in [6, 6.07) is 7.96. The highest BCUT2D eigenvalue weighted by molar-refractivity contribution is 8.18. The standard InChI is InChI=1S/C21H23N3O2S2/c1-14-13-27-20(22-14)23-21-24(16-9-4-3-5-10-16)19(25)18(28-21)12-15-8-6-7-11-17(15)26-2/h6-8,11-13,16H,3-5,9-10H2,1-2H3/b18-12-,23-21+. The van der Waals surface area contributed by atoms with Crippen LogP contribution in [0.25, 0.3) is 6.08 Å². The Bertz CT molecular complexity index is 929. The van der Waals surface area contributed by atoms with Crippen molar-refractivity contribution in [3.05, 3.63) is 45.8 Å². The number of benzene rings is 1. The molecular formula is C21H23N3O2S2. The maximum atomic E-state index is 13.3. The Labute approximate surface area is 173 Å². The molecule has 2 heterocycles. The lowest BCUT2D eigenvalue weighted by atomic mass is 9.94. The summed E-state index contributed by atoms with van der Waals surface area (Å²) >= 11 is 2.95. The fourth-order valence-electron chi connectivity index (χ4n) is 3.63. The second-order valence-corrected chi connectivity index (χ2v) is 8.83. The monoisotopic (exact) mass is 413 g/mol. The van der Waals surface area contributed by atoms with Gasteiger partial charge in [0.25, 0.3) is 5.91 Å². The van der Waals surface area contributed by atoms with E-state index < -0.39 is 0 Å². The molecule has 2 fully saturated rings. The van der Waals surface area contributed by atoms with E-state index in [1.165, 1.54) is 29.5 Å². The van der Waals surface area contributed by atoms with Gasteiger partial charge >= 0.3 is 0 Å². The van der Waals surface area contributed by atoms with Crippen LogP contribution in [0.1, 0.15) is 43.4 Å². The predicted molar refractivity (Wildman–Crippen MR) is 116 cm³/mol. The van der Waals surface area contributed by atoms with E-state index in [4.69, 9.17) is 9.73 Å². The minimum Gasteiger partial charge on any atom is -0.496 e. The fourth-order valence-corrected chi connectivity index (χ4v) is 5.38. The molecular weight excluding hydrogens is 390 g/mol. The molecule has 1 aromatic carbocycles. The Kier molecular flexibility index (Phi) is 5.82. The van der Waals surface area contributed by atoms with Gasteiger partial charge in [-0.1, -0.05) is 37.5 Å². The molecule has 4 rings (SSSR count). The summed E-state index contributed by atoms with van der Waals surface area (Å²) in [7, 11) is 1.65. The maximum Gasteiger partial charge on any atom is 0.267 e. The molecule has 146 valence electrons. The number of thiazole rings is 1. The minimum atomic E-state index is 0.0369. The Balaban J connectivity index is 1.71. The Morgan fingerprint density at radius 3 is 2.75 bits per heavy atom. The molecule has 1 aromatic heterocycles. The van der Waals surface area contributed by atoms with Gasteiger partial charge in [-0.25, -0.2) is 4.98 Å². The second kappa shape index (κ2) is 8.49. The van der Waals surface area contributed by atoms with Gasteiger partial charge in [0, 0.05) is 17.0 Å². The van der Waals surface area contributed by atoms with Crippen LogP contribution in [0.2, 0.25) is 0 Å². The minimum absolute atomic E-state index is 0.0369. The van der Waals surface area contributed by atoms with E-state index in [1.54, 1.807) is 7.11 Å². The number of methoxy groups -OCH3 is 1. The average molecular weight is 414 g/mol. The molecule has 1 amide bonds. The highest BCUT2D eigenvalue weighted by atomic mass is 32.2. The molecule has 0 unspecified atom stereocenters. The first kappa shape index (κ1) is 19.2. The van der Waals surface area contributed by atoms with Gasteiger partial charge in [0.2, 0.25) is 5.13 Å². The van der Waals surface area contributed by atoms with Gasteiger partial charge in [-0.15, -0.1) is 11.3 Å². The molecule has 7 heteroatoms. The van der Waals surface area contributed by atoms with Crippen molar-refractivity contribution in [1.82, 2.24) is 9.88 Å². The molecule has 1 saturated carbocycles. The largest absolute Gasteiger partial charge is 0.496 e. The van der Waals surface area contributed by atoms with Crippen LogP contribution in [-0.2, 0) is 4.79 Å². The molecule has 0 N–H and O–H groups in total. The van der Waals surface area contributed by atoms with Crippen molar-refractivity contribution >= 4 is 45.4 Å². The van der Waals surface area contributed by atoms with Crippen molar-refractivity contribution in [1.29, 1.82) is 0 Å². The van der Waals surface area contributed by atoms with Crippen LogP contribution in [0.15, 0.2) is 39.5 Å². The van der Waals surface area contributed by atoms with Crippen LogP contribution >= 0.6 is 23.1 Å². The number of nitrogens with zero attached hydrogens (tertiary/aromatic N) is 3. The number of carbonyl (C=O) groups excluding carboxylic acids is 1. The first-order chi connectivity index (χ1) is 13.7. The van der Waals surface area contributed by atoms with Gasteiger partial charge in [0.15, 0.2) is 5.17 Å². The number of carbonyl (C=O) groups is 1. The smallest absolute Gasteiger partial charge is 0.267 e. The Morgan fingerprint density at radius 2 is 2.04 bits per heavy atom. The van der Waals surface area contributed by atoms with Gasteiger partial charge in [-0.05, 0) is 43.7 Å². The van der Waals surface area contributed by atoms with Crippen LogP contribution in [0.3, 0.4) is 0 Å². The van der Waals surface area contributed by atoms with Gasteiger partial charge in [-0.2, -0.15) is 4.99 Å². The summed E-state index contributed by atoms with van der Waals surface area (Å²) in [5.41, 5.74) is 1.85. The summed E-state index contributed by atoms with van der Waals surface area (Å²) in [5.74, 6) is 0.795. The van der Waals surface area contributed by atoms with Crippen molar-refractivity contribution in [3.8, 4) is 5.75 Å². The second-order valence-electron chi connectivity index (χ2n) is 6.99. The normalized spacial score (nSPS) is 21.1. The zero-order valence-electron chi connectivity index (χ0n) is 16.1. The molecule has 1 saturated heterocycles. The van der Waals surface area contributed by atoms with Gasteiger partial charge < -0.3 is 4.74 Å². The molecule has 5 nitrogen and oxygen atoms in total. The maximum absolute atomic E-state index is 13.3. The van der Waals surface area contributed by atoms with E-state index in [2.05, 4.69) is 4.98 Å². The van der Waals surface area contributed by atoms with Crippen molar-refractivity contribution in [2.75, 3.05) is 7.11 Å². The van der Waals surface area contributed by atoms with Crippen LogP contribution < -0.4 is 4.74 Å². The molecule has 2 aromatic rings.